The number of ether oxygens (including phenoxy) is 2. The molecule has 1 aliphatic rings. The summed E-state index contributed by atoms with van der Waals surface area (Å²) in [6, 6.07) is 8.13. The van der Waals surface area contributed by atoms with Gasteiger partial charge in [0.05, 0.1) is 5.69 Å². The molecule has 5 nitrogen and oxygen atoms in total. The third-order valence-corrected chi connectivity index (χ3v) is 3.73. The van der Waals surface area contributed by atoms with E-state index in [4.69, 9.17) is 9.47 Å². The smallest absolute Gasteiger partial charge is 0.133 e. The van der Waals surface area contributed by atoms with Crippen LogP contribution >= 0.6 is 0 Å². The first-order valence-corrected chi connectivity index (χ1v) is 7.58. The predicted molar refractivity (Wildman–Crippen MR) is 85.3 cm³/mol. The van der Waals surface area contributed by atoms with Crippen molar-refractivity contribution >= 4 is 5.82 Å². The summed E-state index contributed by atoms with van der Waals surface area (Å²) in [7, 11) is 1.72. The Morgan fingerprint density at radius 1 is 1.27 bits per heavy atom. The number of nitrogens with one attached hydrogen (secondary N) is 1. The van der Waals surface area contributed by atoms with Crippen LogP contribution < -0.4 is 10.1 Å². The molecule has 5 heteroatoms. The molecule has 1 aromatic carbocycles. The molecule has 116 valence electrons. The van der Waals surface area contributed by atoms with E-state index in [1.54, 1.807) is 7.11 Å². The molecule has 1 aromatic heterocycles. The zero-order valence-corrected chi connectivity index (χ0v) is 13.1. The minimum absolute atomic E-state index is 0.489. The van der Waals surface area contributed by atoms with Gasteiger partial charge in [-0.25, -0.2) is 9.97 Å². The van der Waals surface area contributed by atoms with Gasteiger partial charge in [0.25, 0.3) is 0 Å². The summed E-state index contributed by atoms with van der Waals surface area (Å²) >= 11 is 0. The van der Waals surface area contributed by atoms with Crippen LogP contribution in [0.25, 0.3) is 0 Å². The summed E-state index contributed by atoms with van der Waals surface area (Å²) in [6.07, 6.45) is 1.74. The van der Waals surface area contributed by atoms with E-state index >= 15 is 0 Å². The molecule has 0 atom stereocenters. The van der Waals surface area contributed by atoms with Crippen molar-refractivity contribution in [1.29, 1.82) is 0 Å². The maximum absolute atomic E-state index is 5.89. The van der Waals surface area contributed by atoms with Gasteiger partial charge in [0, 0.05) is 32.2 Å². The van der Waals surface area contributed by atoms with E-state index in [1.807, 2.05) is 25.1 Å². The van der Waals surface area contributed by atoms with E-state index in [0.717, 1.165) is 54.6 Å². The monoisotopic (exact) mass is 299 g/mol. The van der Waals surface area contributed by atoms with Crippen LogP contribution in [0.2, 0.25) is 0 Å². The summed E-state index contributed by atoms with van der Waals surface area (Å²) in [5.41, 5.74) is 3.28. The minimum Gasteiger partial charge on any atom is -0.487 e. The van der Waals surface area contributed by atoms with Gasteiger partial charge in [0.1, 0.15) is 24.0 Å². The van der Waals surface area contributed by atoms with Crippen LogP contribution in [-0.4, -0.2) is 30.2 Å². The quantitative estimate of drug-likeness (QED) is 0.860. The molecule has 0 fully saturated rings. The van der Waals surface area contributed by atoms with Gasteiger partial charge in [-0.1, -0.05) is 18.2 Å². The molecule has 2 heterocycles. The molecule has 3 rings (SSSR count). The number of rotatable bonds is 5. The van der Waals surface area contributed by atoms with E-state index in [2.05, 4.69) is 21.4 Å². The summed E-state index contributed by atoms with van der Waals surface area (Å²) in [5, 5.41) is 3.42. The molecule has 0 spiro atoms. The Morgan fingerprint density at radius 3 is 3.00 bits per heavy atom. The van der Waals surface area contributed by atoms with Gasteiger partial charge in [0.2, 0.25) is 0 Å². The second-order valence-electron chi connectivity index (χ2n) is 5.39. The molecular formula is C17H21N3O2. The molecule has 1 N–H and O–H groups in total. The van der Waals surface area contributed by atoms with Crippen molar-refractivity contribution in [2.75, 3.05) is 25.6 Å². The first kappa shape index (κ1) is 14.8. The van der Waals surface area contributed by atoms with Crippen molar-refractivity contribution in [3.05, 3.63) is 46.9 Å². The Balaban J connectivity index is 1.88. The van der Waals surface area contributed by atoms with Gasteiger partial charge in [-0.15, -0.1) is 0 Å². The molecule has 0 bridgehead atoms. The number of aromatic nitrogens is 2. The number of para-hydroxylation sites is 1. The third kappa shape index (κ3) is 3.20. The first-order chi connectivity index (χ1) is 10.8. The standard InChI is InChI=1S/C17H21N3O2/c1-12-19-15-11-22-16-7-4-3-6-13(16)10-14(15)17(20-12)18-8-5-9-21-2/h3-4,6-7H,5,8-11H2,1-2H3,(H,18,19,20). The summed E-state index contributed by atoms with van der Waals surface area (Å²) in [4.78, 5) is 9.14. The number of nitrogens with zero attached hydrogens (tertiary/aromatic N) is 2. The molecule has 0 saturated carbocycles. The first-order valence-electron chi connectivity index (χ1n) is 7.58. The zero-order valence-electron chi connectivity index (χ0n) is 13.1. The normalized spacial score (nSPS) is 12.8. The van der Waals surface area contributed by atoms with Crippen LogP contribution in [-0.2, 0) is 17.8 Å². The Morgan fingerprint density at radius 2 is 2.14 bits per heavy atom. The van der Waals surface area contributed by atoms with Crippen LogP contribution in [0, 0.1) is 6.92 Å². The fourth-order valence-corrected chi connectivity index (χ4v) is 2.66. The molecule has 22 heavy (non-hydrogen) atoms. The topological polar surface area (TPSA) is 56.3 Å². The highest BCUT2D eigenvalue weighted by molar-refractivity contribution is 5.52. The lowest BCUT2D eigenvalue weighted by molar-refractivity contribution is 0.197. The van der Waals surface area contributed by atoms with Crippen molar-refractivity contribution < 1.29 is 9.47 Å². The number of benzene rings is 1. The maximum atomic E-state index is 5.89. The minimum atomic E-state index is 0.489. The second-order valence-corrected chi connectivity index (χ2v) is 5.39. The highest BCUT2D eigenvalue weighted by atomic mass is 16.5. The SMILES string of the molecule is COCCCNc1nc(C)nc2c1Cc1ccccc1OC2. The lowest BCUT2D eigenvalue weighted by Crippen LogP contribution is -2.12. The van der Waals surface area contributed by atoms with E-state index in [0.29, 0.717) is 6.61 Å². The Hall–Kier alpha value is -2.14. The average molecular weight is 299 g/mol. The van der Waals surface area contributed by atoms with Gasteiger partial charge < -0.3 is 14.8 Å². The molecule has 0 radical (unpaired) electrons. The largest absolute Gasteiger partial charge is 0.487 e. The van der Waals surface area contributed by atoms with Crippen molar-refractivity contribution in [1.82, 2.24) is 9.97 Å². The molecule has 0 unspecified atom stereocenters. The molecule has 0 saturated heterocycles. The van der Waals surface area contributed by atoms with Crippen molar-refractivity contribution in [3.8, 4) is 5.75 Å². The van der Waals surface area contributed by atoms with Crippen LogP contribution in [0.1, 0.15) is 29.1 Å². The van der Waals surface area contributed by atoms with Crippen LogP contribution in [0.15, 0.2) is 24.3 Å². The van der Waals surface area contributed by atoms with E-state index < -0.39 is 0 Å². The number of hydrogen-bond acceptors (Lipinski definition) is 5. The third-order valence-electron chi connectivity index (χ3n) is 3.73. The predicted octanol–water partition coefficient (Wildman–Crippen LogP) is 2.72. The van der Waals surface area contributed by atoms with E-state index in [1.165, 1.54) is 5.56 Å². The van der Waals surface area contributed by atoms with E-state index in [9.17, 15) is 0 Å². The number of aryl methyl sites for hydroxylation is 1. The van der Waals surface area contributed by atoms with Gasteiger partial charge in [-0.3, -0.25) is 0 Å². The second kappa shape index (κ2) is 6.75. The van der Waals surface area contributed by atoms with Gasteiger partial charge in [-0.2, -0.15) is 0 Å². The van der Waals surface area contributed by atoms with Crippen LogP contribution in [0.3, 0.4) is 0 Å². The van der Waals surface area contributed by atoms with Crippen molar-refractivity contribution in [3.63, 3.8) is 0 Å². The highest BCUT2D eigenvalue weighted by Crippen LogP contribution is 2.30. The molecule has 0 aliphatic carbocycles. The summed E-state index contributed by atoms with van der Waals surface area (Å²) in [5.74, 6) is 2.62. The highest BCUT2D eigenvalue weighted by Gasteiger charge is 2.19. The van der Waals surface area contributed by atoms with Gasteiger partial charge >= 0.3 is 0 Å². The van der Waals surface area contributed by atoms with Crippen LogP contribution in [0.4, 0.5) is 5.82 Å². The number of hydrogen-bond donors (Lipinski definition) is 1. The van der Waals surface area contributed by atoms with Crippen LogP contribution in [0.5, 0.6) is 5.75 Å². The summed E-state index contributed by atoms with van der Waals surface area (Å²) < 4.78 is 11.0. The molecule has 2 aromatic rings. The Bertz CT molecular complexity index is 658. The Labute approximate surface area is 130 Å². The van der Waals surface area contributed by atoms with Gasteiger partial charge in [-0.05, 0) is 25.0 Å². The number of methoxy groups -OCH3 is 1. The average Bonchev–Trinajstić information content (AvgIpc) is 2.71. The Kier molecular flexibility index (Phi) is 4.53. The van der Waals surface area contributed by atoms with Crippen molar-refractivity contribution in [2.45, 2.75) is 26.4 Å². The fourth-order valence-electron chi connectivity index (χ4n) is 2.66. The molecule has 0 amide bonds. The van der Waals surface area contributed by atoms with Gasteiger partial charge in [0.15, 0.2) is 0 Å². The zero-order chi connectivity index (χ0) is 15.4. The summed E-state index contributed by atoms with van der Waals surface area (Å²) in [6.45, 7) is 3.98. The van der Waals surface area contributed by atoms with E-state index in [-0.39, 0.29) is 0 Å². The lowest BCUT2D eigenvalue weighted by atomic mass is 10.0. The lowest BCUT2D eigenvalue weighted by Gasteiger charge is -2.13. The maximum Gasteiger partial charge on any atom is 0.133 e. The fraction of sp³-hybridized carbons (Fsp3) is 0.412. The number of anilines is 1. The molecule has 1 aliphatic heterocycles. The van der Waals surface area contributed by atoms with Crippen molar-refractivity contribution in [2.24, 2.45) is 0 Å². The number of fused-ring (bicyclic) bond motifs is 2. The molecular weight excluding hydrogens is 278 g/mol.